The van der Waals surface area contributed by atoms with E-state index >= 15 is 0 Å². The van der Waals surface area contributed by atoms with Crippen molar-refractivity contribution in [3.05, 3.63) is 24.3 Å². The van der Waals surface area contributed by atoms with Gasteiger partial charge in [0.05, 0.1) is 16.6 Å². The summed E-state index contributed by atoms with van der Waals surface area (Å²) in [4.78, 5) is 16.8. The SMILES string of the molecule is CN(CCC(=O)O)c1nc2ccccc2s1. The quantitative estimate of drug-likeness (QED) is 0.884. The molecule has 1 heterocycles. The van der Waals surface area contributed by atoms with Crippen molar-refractivity contribution in [1.29, 1.82) is 0 Å². The number of thiazole rings is 1. The van der Waals surface area contributed by atoms with E-state index in [1.54, 1.807) is 11.3 Å². The fourth-order valence-corrected chi connectivity index (χ4v) is 2.33. The number of anilines is 1. The summed E-state index contributed by atoms with van der Waals surface area (Å²) in [5.41, 5.74) is 0.963. The number of aromatic nitrogens is 1. The number of nitrogens with zero attached hydrogens (tertiary/aromatic N) is 2. The molecule has 0 bridgehead atoms. The van der Waals surface area contributed by atoms with Crippen molar-refractivity contribution in [2.75, 3.05) is 18.5 Å². The molecule has 0 spiro atoms. The smallest absolute Gasteiger partial charge is 0.305 e. The van der Waals surface area contributed by atoms with Crippen LogP contribution in [-0.4, -0.2) is 29.7 Å². The molecule has 2 aromatic rings. The van der Waals surface area contributed by atoms with Crippen LogP contribution in [-0.2, 0) is 4.79 Å². The van der Waals surface area contributed by atoms with Crippen molar-refractivity contribution in [2.24, 2.45) is 0 Å². The van der Waals surface area contributed by atoms with Crippen molar-refractivity contribution in [3.63, 3.8) is 0 Å². The predicted octanol–water partition coefficient (Wildman–Crippen LogP) is 2.21. The number of hydrogen-bond donors (Lipinski definition) is 1. The minimum absolute atomic E-state index is 0.131. The van der Waals surface area contributed by atoms with Crippen LogP contribution < -0.4 is 4.90 Å². The Morgan fingerprint density at radius 3 is 2.94 bits per heavy atom. The average molecular weight is 236 g/mol. The molecule has 0 unspecified atom stereocenters. The summed E-state index contributed by atoms with van der Waals surface area (Å²) in [5.74, 6) is -0.784. The molecule has 1 aromatic heterocycles. The van der Waals surface area contributed by atoms with Gasteiger partial charge in [0.15, 0.2) is 5.13 Å². The first-order chi connectivity index (χ1) is 7.66. The summed E-state index contributed by atoms with van der Waals surface area (Å²) < 4.78 is 1.12. The Morgan fingerprint density at radius 2 is 2.25 bits per heavy atom. The highest BCUT2D eigenvalue weighted by Gasteiger charge is 2.08. The van der Waals surface area contributed by atoms with Gasteiger partial charge in [0, 0.05) is 13.6 Å². The zero-order valence-electron chi connectivity index (χ0n) is 8.88. The molecule has 0 aliphatic rings. The summed E-state index contributed by atoms with van der Waals surface area (Å²) in [6.45, 7) is 0.481. The molecular weight excluding hydrogens is 224 g/mol. The monoisotopic (exact) mass is 236 g/mol. The minimum atomic E-state index is -0.784. The van der Waals surface area contributed by atoms with E-state index in [1.807, 2.05) is 36.2 Å². The summed E-state index contributed by atoms with van der Waals surface area (Å²) in [6, 6.07) is 7.90. The van der Waals surface area contributed by atoms with Crippen LogP contribution in [0.15, 0.2) is 24.3 Å². The van der Waals surface area contributed by atoms with Gasteiger partial charge >= 0.3 is 5.97 Å². The molecule has 0 aliphatic carbocycles. The van der Waals surface area contributed by atoms with Gasteiger partial charge in [0.2, 0.25) is 0 Å². The van der Waals surface area contributed by atoms with Crippen LogP contribution in [0.3, 0.4) is 0 Å². The lowest BCUT2D eigenvalue weighted by atomic mass is 10.3. The molecule has 5 heteroatoms. The third-order valence-corrected chi connectivity index (χ3v) is 3.42. The van der Waals surface area contributed by atoms with Crippen molar-refractivity contribution >= 4 is 32.7 Å². The fraction of sp³-hybridized carbons (Fsp3) is 0.273. The molecular formula is C11H12N2O2S. The third-order valence-electron chi connectivity index (χ3n) is 2.27. The van der Waals surface area contributed by atoms with Crippen LogP contribution in [0, 0.1) is 0 Å². The Morgan fingerprint density at radius 1 is 1.50 bits per heavy atom. The van der Waals surface area contributed by atoms with Gasteiger partial charge in [0.1, 0.15) is 0 Å². The van der Waals surface area contributed by atoms with Crippen LogP contribution in [0.25, 0.3) is 10.2 Å². The topological polar surface area (TPSA) is 53.4 Å². The number of hydrogen-bond acceptors (Lipinski definition) is 4. The largest absolute Gasteiger partial charge is 0.481 e. The van der Waals surface area contributed by atoms with E-state index in [0.717, 1.165) is 15.3 Å². The second-order valence-corrected chi connectivity index (χ2v) is 4.54. The highest BCUT2D eigenvalue weighted by molar-refractivity contribution is 7.22. The van der Waals surface area contributed by atoms with Gasteiger partial charge < -0.3 is 10.0 Å². The first-order valence-electron chi connectivity index (χ1n) is 4.95. The zero-order valence-corrected chi connectivity index (χ0v) is 9.70. The van der Waals surface area contributed by atoms with Gasteiger partial charge in [-0.3, -0.25) is 4.79 Å². The predicted molar refractivity (Wildman–Crippen MR) is 65.1 cm³/mol. The third kappa shape index (κ3) is 2.30. The second kappa shape index (κ2) is 4.49. The molecule has 84 valence electrons. The molecule has 4 nitrogen and oxygen atoms in total. The Bertz CT molecular complexity index is 476. The van der Waals surface area contributed by atoms with E-state index < -0.39 is 5.97 Å². The lowest BCUT2D eigenvalue weighted by Gasteiger charge is -2.13. The first kappa shape index (κ1) is 10.9. The Kier molecular flexibility index (Phi) is 3.05. The van der Waals surface area contributed by atoms with Crippen molar-refractivity contribution < 1.29 is 9.90 Å². The molecule has 0 aliphatic heterocycles. The summed E-state index contributed by atoms with van der Waals surface area (Å²) in [7, 11) is 1.86. The van der Waals surface area contributed by atoms with Gasteiger partial charge in [-0.2, -0.15) is 0 Å². The molecule has 0 fully saturated rings. The Labute approximate surface area is 97.1 Å². The maximum Gasteiger partial charge on any atom is 0.305 e. The number of aliphatic carboxylic acids is 1. The highest BCUT2D eigenvalue weighted by Crippen LogP contribution is 2.27. The number of para-hydroxylation sites is 1. The summed E-state index contributed by atoms with van der Waals surface area (Å²) in [5, 5.41) is 9.47. The Balaban J connectivity index is 2.16. The van der Waals surface area contributed by atoms with Crippen LogP contribution in [0.2, 0.25) is 0 Å². The van der Waals surface area contributed by atoms with Crippen LogP contribution in [0.1, 0.15) is 6.42 Å². The van der Waals surface area contributed by atoms with Crippen LogP contribution >= 0.6 is 11.3 Å². The Hall–Kier alpha value is -1.62. The van der Waals surface area contributed by atoms with E-state index in [4.69, 9.17) is 5.11 Å². The number of carboxylic acid groups (broad SMARTS) is 1. The zero-order chi connectivity index (χ0) is 11.5. The maximum absolute atomic E-state index is 10.5. The normalized spacial score (nSPS) is 10.6. The summed E-state index contributed by atoms with van der Waals surface area (Å²) >= 11 is 1.58. The number of benzene rings is 1. The van der Waals surface area contributed by atoms with Gasteiger partial charge in [-0.25, -0.2) is 4.98 Å². The summed E-state index contributed by atoms with van der Waals surface area (Å²) in [6.07, 6.45) is 0.131. The lowest BCUT2D eigenvalue weighted by molar-refractivity contribution is -0.136. The molecule has 2 rings (SSSR count). The number of carbonyl (C=O) groups is 1. The maximum atomic E-state index is 10.5. The van der Waals surface area contributed by atoms with E-state index in [0.29, 0.717) is 6.54 Å². The van der Waals surface area contributed by atoms with Gasteiger partial charge in [-0.05, 0) is 12.1 Å². The highest BCUT2D eigenvalue weighted by atomic mass is 32.1. The van der Waals surface area contributed by atoms with Crippen molar-refractivity contribution in [1.82, 2.24) is 4.98 Å². The minimum Gasteiger partial charge on any atom is -0.481 e. The molecule has 0 saturated carbocycles. The molecule has 0 radical (unpaired) electrons. The molecule has 1 aromatic carbocycles. The van der Waals surface area contributed by atoms with E-state index in [1.165, 1.54) is 0 Å². The standard InChI is InChI=1S/C11H12N2O2S/c1-13(7-6-10(14)15)11-12-8-4-2-3-5-9(8)16-11/h2-5H,6-7H2,1H3,(H,14,15). The molecule has 0 amide bonds. The lowest BCUT2D eigenvalue weighted by Crippen LogP contribution is -2.20. The molecule has 1 N–H and O–H groups in total. The molecule has 0 atom stereocenters. The average Bonchev–Trinajstić information content (AvgIpc) is 2.69. The van der Waals surface area contributed by atoms with E-state index in [9.17, 15) is 4.79 Å². The first-order valence-corrected chi connectivity index (χ1v) is 5.77. The van der Waals surface area contributed by atoms with Crippen LogP contribution in [0.5, 0.6) is 0 Å². The van der Waals surface area contributed by atoms with E-state index in [2.05, 4.69) is 4.98 Å². The molecule has 16 heavy (non-hydrogen) atoms. The van der Waals surface area contributed by atoms with Gasteiger partial charge in [0.25, 0.3) is 0 Å². The van der Waals surface area contributed by atoms with Crippen molar-refractivity contribution in [3.8, 4) is 0 Å². The van der Waals surface area contributed by atoms with Gasteiger partial charge in [-0.1, -0.05) is 23.5 Å². The number of carboxylic acids is 1. The molecule has 0 saturated heterocycles. The fourth-order valence-electron chi connectivity index (χ4n) is 1.38. The van der Waals surface area contributed by atoms with Crippen molar-refractivity contribution in [2.45, 2.75) is 6.42 Å². The van der Waals surface area contributed by atoms with E-state index in [-0.39, 0.29) is 6.42 Å². The van der Waals surface area contributed by atoms with Gasteiger partial charge in [-0.15, -0.1) is 0 Å². The second-order valence-electron chi connectivity index (χ2n) is 3.53. The van der Waals surface area contributed by atoms with Crippen LogP contribution in [0.4, 0.5) is 5.13 Å². The number of rotatable bonds is 4. The number of fused-ring (bicyclic) bond motifs is 1.